The minimum atomic E-state index is -0.285. The fourth-order valence-corrected chi connectivity index (χ4v) is 2.64. The van der Waals surface area contributed by atoms with Crippen LogP contribution < -0.4 is 10.6 Å². The number of carbonyl (C=O) groups is 1. The molecule has 0 fully saturated rings. The summed E-state index contributed by atoms with van der Waals surface area (Å²) in [6.45, 7) is 6.46. The molecule has 18 heavy (non-hydrogen) atoms. The summed E-state index contributed by atoms with van der Waals surface area (Å²) in [6.07, 6.45) is 1.04. The van der Waals surface area contributed by atoms with Crippen LogP contribution >= 0.6 is 11.6 Å². The number of benzene rings is 1. The maximum absolute atomic E-state index is 11.9. The third kappa shape index (κ3) is 2.85. The molecule has 1 amide bonds. The van der Waals surface area contributed by atoms with Gasteiger partial charge in [-0.25, -0.2) is 0 Å². The summed E-state index contributed by atoms with van der Waals surface area (Å²) in [5.74, 6) is 0.610. The van der Waals surface area contributed by atoms with Crippen molar-refractivity contribution in [2.75, 3.05) is 5.32 Å². The summed E-state index contributed by atoms with van der Waals surface area (Å²) in [5.41, 5.74) is 1.81. The van der Waals surface area contributed by atoms with E-state index in [-0.39, 0.29) is 11.9 Å². The Balaban J connectivity index is 2.15. The van der Waals surface area contributed by atoms with E-state index in [2.05, 4.69) is 31.4 Å². The number of carbonyl (C=O) groups excluding carboxylic acids is 1. The van der Waals surface area contributed by atoms with Gasteiger partial charge in [0.1, 0.15) is 6.04 Å². The number of hydrogen-bond acceptors (Lipinski definition) is 2. The van der Waals surface area contributed by atoms with E-state index in [9.17, 15) is 4.79 Å². The minimum Gasteiger partial charge on any atom is -0.324 e. The average molecular weight is 267 g/mol. The highest BCUT2D eigenvalue weighted by Gasteiger charge is 2.31. The summed E-state index contributed by atoms with van der Waals surface area (Å²) in [4.78, 5) is 11.9. The van der Waals surface area contributed by atoms with E-state index in [1.165, 1.54) is 0 Å². The van der Waals surface area contributed by atoms with E-state index in [4.69, 9.17) is 11.6 Å². The number of hydrogen-bond donors (Lipinski definition) is 2. The number of amides is 1. The lowest BCUT2D eigenvalue weighted by molar-refractivity contribution is -0.117. The molecule has 1 aliphatic rings. The molecular formula is C14H19ClN2O. The van der Waals surface area contributed by atoms with Gasteiger partial charge in [-0.05, 0) is 37.5 Å². The molecule has 0 spiro atoms. The van der Waals surface area contributed by atoms with Crippen LogP contribution in [0.5, 0.6) is 0 Å². The van der Waals surface area contributed by atoms with Crippen LogP contribution in [0.1, 0.15) is 38.8 Å². The van der Waals surface area contributed by atoms with Gasteiger partial charge in [-0.2, -0.15) is 0 Å². The maximum Gasteiger partial charge on any atom is 0.246 e. The average Bonchev–Trinajstić information content (AvgIpc) is 2.55. The molecule has 2 unspecified atom stereocenters. The SMILES string of the molecule is CC(C)CC(C)NC1C(=O)Nc2ccc(Cl)cc21. The van der Waals surface area contributed by atoms with E-state index >= 15 is 0 Å². The third-order valence-electron chi connectivity index (χ3n) is 3.12. The molecule has 2 rings (SSSR count). The van der Waals surface area contributed by atoms with Crippen LogP contribution in [-0.2, 0) is 4.79 Å². The predicted molar refractivity (Wildman–Crippen MR) is 74.9 cm³/mol. The zero-order valence-corrected chi connectivity index (χ0v) is 11.7. The van der Waals surface area contributed by atoms with Gasteiger partial charge in [-0.1, -0.05) is 25.4 Å². The topological polar surface area (TPSA) is 41.1 Å². The van der Waals surface area contributed by atoms with E-state index in [0.29, 0.717) is 17.0 Å². The molecule has 0 aromatic heterocycles. The molecular weight excluding hydrogens is 248 g/mol. The highest BCUT2D eigenvalue weighted by Crippen LogP contribution is 2.33. The van der Waals surface area contributed by atoms with Crippen LogP contribution in [0.4, 0.5) is 5.69 Å². The van der Waals surface area contributed by atoms with Crippen LogP contribution in [0, 0.1) is 5.92 Å². The number of anilines is 1. The second kappa shape index (κ2) is 5.29. The van der Waals surface area contributed by atoms with Crippen LogP contribution in [-0.4, -0.2) is 11.9 Å². The monoisotopic (exact) mass is 266 g/mol. The Hall–Kier alpha value is -1.06. The minimum absolute atomic E-state index is 0.00266. The lowest BCUT2D eigenvalue weighted by Gasteiger charge is -2.20. The standard InChI is InChI=1S/C14H19ClN2O/c1-8(2)6-9(3)16-13-11-7-10(15)4-5-12(11)17-14(13)18/h4-5,7-9,13,16H,6H2,1-3H3,(H,17,18). The van der Waals surface area contributed by atoms with Gasteiger partial charge in [0.25, 0.3) is 0 Å². The molecule has 4 heteroatoms. The number of halogens is 1. The van der Waals surface area contributed by atoms with Crippen molar-refractivity contribution in [3.63, 3.8) is 0 Å². The van der Waals surface area contributed by atoms with Crippen LogP contribution in [0.2, 0.25) is 5.02 Å². The van der Waals surface area contributed by atoms with Crippen molar-refractivity contribution >= 4 is 23.2 Å². The Morgan fingerprint density at radius 2 is 2.11 bits per heavy atom. The third-order valence-corrected chi connectivity index (χ3v) is 3.36. The molecule has 0 radical (unpaired) electrons. The summed E-state index contributed by atoms with van der Waals surface area (Å²) in [7, 11) is 0. The summed E-state index contributed by atoms with van der Waals surface area (Å²) in [5, 5.41) is 6.91. The fourth-order valence-electron chi connectivity index (χ4n) is 2.46. The van der Waals surface area contributed by atoms with Crippen molar-refractivity contribution in [2.24, 2.45) is 5.92 Å². The quantitative estimate of drug-likeness (QED) is 0.877. The van der Waals surface area contributed by atoms with Crippen LogP contribution in [0.15, 0.2) is 18.2 Å². The predicted octanol–water partition coefficient (Wildman–Crippen LogP) is 3.36. The lowest BCUT2D eigenvalue weighted by atomic mass is 10.0. The van der Waals surface area contributed by atoms with E-state index < -0.39 is 0 Å². The van der Waals surface area contributed by atoms with Crippen molar-refractivity contribution in [3.8, 4) is 0 Å². The van der Waals surface area contributed by atoms with Gasteiger partial charge in [0.2, 0.25) is 5.91 Å². The Morgan fingerprint density at radius 1 is 1.39 bits per heavy atom. The molecule has 0 saturated carbocycles. The van der Waals surface area contributed by atoms with Gasteiger partial charge < -0.3 is 5.32 Å². The second-order valence-electron chi connectivity index (χ2n) is 5.35. The Morgan fingerprint density at radius 3 is 2.78 bits per heavy atom. The first-order chi connectivity index (χ1) is 8.47. The first-order valence-electron chi connectivity index (χ1n) is 6.33. The van der Waals surface area contributed by atoms with Crippen molar-refractivity contribution < 1.29 is 4.79 Å². The molecule has 98 valence electrons. The zero-order valence-electron chi connectivity index (χ0n) is 11.0. The second-order valence-corrected chi connectivity index (χ2v) is 5.79. The number of nitrogens with one attached hydrogen (secondary N) is 2. The van der Waals surface area contributed by atoms with Crippen molar-refractivity contribution in [1.82, 2.24) is 5.32 Å². The van der Waals surface area contributed by atoms with Crippen LogP contribution in [0.25, 0.3) is 0 Å². The molecule has 0 saturated heterocycles. The van der Waals surface area contributed by atoms with Crippen molar-refractivity contribution in [2.45, 2.75) is 39.3 Å². The van der Waals surface area contributed by atoms with Gasteiger partial charge >= 0.3 is 0 Å². The largest absolute Gasteiger partial charge is 0.324 e. The van der Waals surface area contributed by atoms with Gasteiger partial charge in [0.15, 0.2) is 0 Å². The van der Waals surface area contributed by atoms with E-state index in [1.807, 2.05) is 12.1 Å². The summed E-state index contributed by atoms with van der Waals surface area (Å²) < 4.78 is 0. The fraction of sp³-hybridized carbons (Fsp3) is 0.500. The Kier molecular flexibility index (Phi) is 3.93. The van der Waals surface area contributed by atoms with Crippen molar-refractivity contribution in [3.05, 3.63) is 28.8 Å². The highest BCUT2D eigenvalue weighted by molar-refractivity contribution is 6.31. The highest BCUT2D eigenvalue weighted by atomic mass is 35.5. The van der Waals surface area contributed by atoms with E-state index in [0.717, 1.165) is 17.7 Å². The molecule has 2 atom stereocenters. The number of fused-ring (bicyclic) bond motifs is 1. The number of rotatable bonds is 4. The van der Waals surface area contributed by atoms with Crippen molar-refractivity contribution in [1.29, 1.82) is 0 Å². The molecule has 1 heterocycles. The molecule has 2 N–H and O–H groups in total. The maximum atomic E-state index is 11.9. The van der Waals surface area contributed by atoms with Crippen LogP contribution in [0.3, 0.4) is 0 Å². The summed E-state index contributed by atoms with van der Waals surface area (Å²) >= 11 is 5.99. The Labute approximate surface area is 113 Å². The van der Waals surface area contributed by atoms with Gasteiger partial charge in [0, 0.05) is 22.3 Å². The first-order valence-corrected chi connectivity index (χ1v) is 6.71. The zero-order chi connectivity index (χ0) is 13.3. The first kappa shape index (κ1) is 13.4. The molecule has 1 aliphatic heterocycles. The lowest BCUT2D eigenvalue weighted by Crippen LogP contribution is -2.35. The van der Waals surface area contributed by atoms with E-state index in [1.54, 1.807) is 6.07 Å². The molecule has 3 nitrogen and oxygen atoms in total. The molecule has 1 aromatic rings. The molecule has 1 aromatic carbocycles. The molecule has 0 bridgehead atoms. The molecule has 0 aliphatic carbocycles. The Bertz CT molecular complexity index is 459. The summed E-state index contributed by atoms with van der Waals surface area (Å²) in [6, 6.07) is 5.51. The van der Waals surface area contributed by atoms with Gasteiger partial charge in [0.05, 0.1) is 0 Å². The normalized spacial score (nSPS) is 19.8. The van der Waals surface area contributed by atoms with Gasteiger partial charge in [-0.3, -0.25) is 10.1 Å². The smallest absolute Gasteiger partial charge is 0.246 e. The van der Waals surface area contributed by atoms with Gasteiger partial charge in [-0.15, -0.1) is 0 Å².